The molecule has 0 atom stereocenters. The molecule has 2 N–H and O–H groups in total. The van der Waals surface area contributed by atoms with Crippen LogP contribution in [0.2, 0.25) is 5.15 Å². The van der Waals surface area contributed by atoms with E-state index in [1.165, 1.54) is 4.68 Å². The maximum Gasteiger partial charge on any atom is 0.245 e. The second kappa shape index (κ2) is 8.47. The molecule has 0 aromatic carbocycles. The van der Waals surface area contributed by atoms with Gasteiger partial charge in [0.2, 0.25) is 10.0 Å². The van der Waals surface area contributed by atoms with Crippen LogP contribution in [0.15, 0.2) is 4.90 Å². The average Bonchev–Trinajstić information content (AvgIpc) is 2.70. The molecule has 1 aliphatic heterocycles. The first-order valence-electron chi connectivity index (χ1n) is 7.03. The van der Waals surface area contributed by atoms with Gasteiger partial charge < -0.3 is 10.2 Å². The Hall–Kier alpha value is -0.380. The molecule has 1 aliphatic rings. The zero-order valence-corrected chi connectivity index (χ0v) is 15.2. The number of hydrogen-bond acceptors (Lipinski definition) is 5. The van der Waals surface area contributed by atoms with Crippen molar-refractivity contribution in [3.63, 3.8) is 0 Å². The van der Waals surface area contributed by atoms with Gasteiger partial charge in [0.05, 0.1) is 5.69 Å². The number of aromatic nitrogens is 2. The monoisotopic (exact) mass is 371 g/mol. The Morgan fingerprint density at radius 1 is 1.36 bits per heavy atom. The predicted molar refractivity (Wildman–Crippen MR) is 89.3 cm³/mol. The van der Waals surface area contributed by atoms with E-state index in [0.717, 1.165) is 39.1 Å². The first-order chi connectivity index (χ1) is 9.92. The van der Waals surface area contributed by atoms with E-state index in [-0.39, 0.29) is 22.5 Å². The van der Waals surface area contributed by atoms with Gasteiger partial charge in [0.1, 0.15) is 10.0 Å². The number of nitrogens with zero attached hydrogens (tertiary/aromatic N) is 3. The van der Waals surface area contributed by atoms with Gasteiger partial charge in [-0.25, -0.2) is 13.1 Å². The van der Waals surface area contributed by atoms with Gasteiger partial charge in [0.15, 0.2) is 0 Å². The molecular formula is C12H23Cl2N5O2S. The fourth-order valence-corrected chi connectivity index (χ4v) is 4.25. The Balaban J connectivity index is 0.00000242. The van der Waals surface area contributed by atoms with E-state index in [1.807, 2.05) is 0 Å². The molecule has 0 radical (unpaired) electrons. The van der Waals surface area contributed by atoms with Crippen molar-refractivity contribution >= 4 is 34.0 Å². The molecule has 0 bridgehead atoms. The minimum absolute atomic E-state index is 0. The van der Waals surface area contributed by atoms with Crippen molar-refractivity contribution in [2.45, 2.75) is 18.2 Å². The normalized spacial score (nSPS) is 16.5. The average molecular weight is 372 g/mol. The molecule has 1 aromatic rings. The Labute approximate surface area is 142 Å². The molecule has 1 saturated heterocycles. The van der Waals surface area contributed by atoms with E-state index in [9.17, 15) is 8.42 Å². The Morgan fingerprint density at radius 2 is 2.00 bits per heavy atom. The molecule has 128 valence electrons. The third kappa shape index (κ3) is 4.81. The highest BCUT2D eigenvalue weighted by Gasteiger charge is 2.24. The first kappa shape index (κ1) is 19.7. The van der Waals surface area contributed by atoms with E-state index >= 15 is 0 Å². The van der Waals surface area contributed by atoms with Crippen molar-refractivity contribution in [1.82, 2.24) is 24.7 Å². The highest BCUT2D eigenvalue weighted by atomic mass is 35.5. The minimum Gasteiger partial charge on any atom is -0.314 e. The molecule has 2 rings (SSSR count). The van der Waals surface area contributed by atoms with Crippen molar-refractivity contribution in [2.24, 2.45) is 7.05 Å². The summed E-state index contributed by atoms with van der Waals surface area (Å²) in [6, 6.07) is 0. The molecule has 0 unspecified atom stereocenters. The molecule has 2 heterocycles. The topological polar surface area (TPSA) is 79.3 Å². The first-order valence-corrected chi connectivity index (χ1v) is 8.90. The lowest BCUT2D eigenvalue weighted by Gasteiger charge is -2.27. The van der Waals surface area contributed by atoms with Crippen LogP contribution in [0, 0.1) is 6.92 Å². The van der Waals surface area contributed by atoms with Crippen LogP contribution in [0.3, 0.4) is 0 Å². The van der Waals surface area contributed by atoms with Crippen LogP contribution in [0.1, 0.15) is 12.1 Å². The van der Waals surface area contributed by atoms with Gasteiger partial charge in [0.25, 0.3) is 0 Å². The van der Waals surface area contributed by atoms with Crippen molar-refractivity contribution in [1.29, 1.82) is 0 Å². The zero-order valence-electron chi connectivity index (χ0n) is 12.8. The largest absolute Gasteiger partial charge is 0.314 e. The number of piperazine rings is 1. The van der Waals surface area contributed by atoms with Crippen molar-refractivity contribution in [3.8, 4) is 0 Å². The third-order valence-electron chi connectivity index (χ3n) is 3.52. The van der Waals surface area contributed by atoms with Crippen molar-refractivity contribution in [2.75, 3.05) is 39.3 Å². The van der Waals surface area contributed by atoms with Gasteiger partial charge in [-0.2, -0.15) is 5.10 Å². The maximum absolute atomic E-state index is 12.3. The summed E-state index contributed by atoms with van der Waals surface area (Å²) in [7, 11) is -1.98. The van der Waals surface area contributed by atoms with Gasteiger partial charge in [0, 0.05) is 39.8 Å². The number of sulfonamides is 1. The molecular weight excluding hydrogens is 349 g/mol. The Kier molecular flexibility index (Phi) is 7.57. The molecule has 0 aliphatic carbocycles. The molecule has 1 aromatic heterocycles. The summed E-state index contributed by atoms with van der Waals surface area (Å²) in [5.74, 6) is 0. The van der Waals surface area contributed by atoms with Gasteiger partial charge in [-0.05, 0) is 19.9 Å². The number of aryl methyl sites for hydroxylation is 2. The Bertz CT molecular complexity index is 585. The van der Waals surface area contributed by atoms with Crippen molar-refractivity contribution in [3.05, 3.63) is 10.8 Å². The molecule has 1 fully saturated rings. The van der Waals surface area contributed by atoms with Crippen LogP contribution in [0.25, 0.3) is 0 Å². The molecule has 22 heavy (non-hydrogen) atoms. The summed E-state index contributed by atoms with van der Waals surface area (Å²) < 4.78 is 28.5. The third-order valence-corrected chi connectivity index (χ3v) is 5.68. The molecule has 7 nitrogen and oxygen atoms in total. The summed E-state index contributed by atoms with van der Waals surface area (Å²) in [6.07, 6.45) is 0.774. The number of halogens is 2. The molecule has 0 amide bonds. The van der Waals surface area contributed by atoms with Crippen molar-refractivity contribution < 1.29 is 8.42 Å². The van der Waals surface area contributed by atoms with E-state index in [0.29, 0.717) is 12.2 Å². The van der Waals surface area contributed by atoms with Crippen LogP contribution >= 0.6 is 24.0 Å². The standard InChI is InChI=1S/C12H22ClN5O2S.ClH/c1-10-11(12(13)17(2)16-10)21(19,20)15-4-3-7-18-8-5-14-6-9-18;/h14-15H,3-9H2,1-2H3;1H. The second-order valence-electron chi connectivity index (χ2n) is 5.17. The zero-order chi connectivity index (χ0) is 15.5. The van der Waals surface area contributed by atoms with E-state index < -0.39 is 10.0 Å². The van der Waals surface area contributed by atoms with E-state index in [1.54, 1.807) is 14.0 Å². The molecule has 0 saturated carbocycles. The van der Waals surface area contributed by atoms with Crippen LogP contribution in [0.5, 0.6) is 0 Å². The fraction of sp³-hybridized carbons (Fsp3) is 0.750. The van der Waals surface area contributed by atoms with Gasteiger partial charge in [-0.3, -0.25) is 4.68 Å². The lowest BCUT2D eigenvalue weighted by molar-refractivity contribution is 0.239. The summed E-state index contributed by atoms with van der Waals surface area (Å²) in [6.45, 7) is 6.95. The molecule has 0 spiro atoms. The van der Waals surface area contributed by atoms with Gasteiger partial charge in [-0.1, -0.05) is 11.6 Å². The van der Waals surface area contributed by atoms with Crippen LogP contribution in [0.4, 0.5) is 0 Å². The summed E-state index contributed by atoms with van der Waals surface area (Å²) in [5.41, 5.74) is 0.414. The predicted octanol–water partition coefficient (Wildman–Crippen LogP) is 0.377. The lowest BCUT2D eigenvalue weighted by Crippen LogP contribution is -2.44. The quantitative estimate of drug-likeness (QED) is 0.706. The van der Waals surface area contributed by atoms with Gasteiger partial charge in [-0.15, -0.1) is 12.4 Å². The van der Waals surface area contributed by atoms with E-state index in [2.05, 4.69) is 20.0 Å². The highest BCUT2D eigenvalue weighted by Crippen LogP contribution is 2.23. The Morgan fingerprint density at radius 3 is 2.55 bits per heavy atom. The van der Waals surface area contributed by atoms with Crippen LogP contribution in [-0.4, -0.2) is 62.4 Å². The number of hydrogen-bond donors (Lipinski definition) is 2. The smallest absolute Gasteiger partial charge is 0.245 e. The lowest BCUT2D eigenvalue weighted by atomic mass is 10.3. The maximum atomic E-state index is 12.3. The second-order valence-corrected chi connectivity index (χ2v) is 7.23. The van der Waals surface area contributed by atoms with Crippen LogP contribution in [-0.2, 0) is 17.1 Å². The van der Waals surface area contributed by atoms with Crippen LogP contribution < -0.4 is 10.0 Å². The highest BCUT2D eigenvalue weighted by molar-refractivity contribution is 7.89. The van der Waals surface area contributed by atoms with Gasteiger partial charge >= 0.3 is 0 Å². The summed E-state index contributed by atoms with van der Waals surface area (Å²) in [5, 5.41) is 7.46. The molecule has 10 heteroatoms. The minimum atomic E-state index is -3.60. The van der Waals surface area contributed by atoms with E-state index in [4.69, 9.17) is 11.6 Å². The number of nitrogens with one attached hydrogen (secondary N) is 2. The summed E-state index contributed by atoms with van der Waals surface area (Å²) in [4.78, 5) is 2.40. The SMILES string of the molecule is Cc1nn(C)c(Cl)c1S(=O)(=O)NCCCN1CCNCC1.Cl. The fourth-order valence-electron chi connectivity index (χ4n) is 2.43. The number of rotatable bonds is 6. The summed E-state index contributed by atoms with van der Waals surface area (Å²) >= 11 is 6.00.